The molecule has 0 aliphatic carbocycles. The van der Waals surface area contributed by atoms with Gasteiger partial charge in [0.25, 0.3) is 0 Å². The van der Waals surface area contributed by atoms with Gasteiger partial charge in [0.2, 0.25) is 0 Å². The lowest BCUT2D eigenvalue weighted by molar-refractivity contribution is 1.07. The van der Waals surface area contributed by atoms with Gasteiger partial charge in [0.05, 0.1) is 20.6 Å². The van der Waals surface area contributed by atoms with Crippen LogP contribution in [0.1, 0.15) is 20.6 Å². The maximum atomic E-state index is 9.59. The summed E-state index contributed by atoms with van der Waals surface area (Å²) in [4.78, 5) is 14.1. The molecule has 3 heteroatoms. The fraction of sp³-hybridized carbons (Fsp3) is 0. The molecule has 0 amide bonds. The molecule has 1 aromatic heterocycles. The highest BCUT2D eigenvalue weighted by molar-refractivity contribution is 6.25. The van der Waals surface area contributed by atoms with Crippen LogP contribution >= 0.6 is 0 Å². The van der Waals surface area contributed by atoms with Crippen molar-refractivity contribution in [3.63, 3.8) is 0 Å². The number of hydrogen-bond donors (Lipinski definition) is 0. The molecule has 1 heterocycles. The third-order valence-corrected chi connectivity index (χ3v) is 7.93. The second kappa shape index (κ2) is 11.7. The lowest BCUT2D eigenvalue weighted by Gasteiger charge is -2.12. The van der Waals surface area contributed by atoms with Crippen LogP contribution in [0.2, 0.25) is 0 Å². The van der Waals surface area contributed by atoms with Crippen molar-refractivity contribution in [3.05, 3.63) is 176 Å². The summed E-state index contributed by atoms with van der Waals surface area (Å²) in [5.41, 5.74) is 1.50. The van der Waals surface area contributed by atoms with E-state index in [9.17, 15) is 9.60 Å². The highest BCUT2D eigenvalue weighted by Gasteiger charge is 2.14. The van der Waals surface area contributed by atoms with Crippen molar-refractivity contribution < 1.29 is 20.6 Å². The van der Waals surface area contributed by atoms with Gasteiger partial charge in [-0.25, -0.2) is 15.0 Å². The molecule has 0 atom stereocenters. The van der Waals surface area contributed by atoms with E-state index >= 15 is 0 Å². The molecule has 3 nitrogen and oxygen atoms in total. The Morgan fingerprint density at radius 1 is 0.312 bits per heavy atom. The van der Waals surface area contributed by atoms with E-state index in [2.05, 4.69) is 9.97 Å². The van der Waals surface area contributed by atoms with Crippen LogP contribution in [0.15, 0.2) is 176 Å². The van der Waals surface area contributed by atoms with E-state index in [1.54, 1.807) is 30.3 Å². The third kappa shape index (κ3) is 4.99. The minimum atomic E-state index is -0.776. The molecule has 0 radical (unpaired) electrons. The van der Waals surface area contributed by atoms with Crippen molar-refractivity contribution in [1.82, 2.24) is 15.0 Å². The zero-order chi connectivity index (χ0) is 44.9. The van der Waals surface area contributed by atoms with Gasteiger partial charge in [-0.15, -0.1) is 0 Å². The van der Waals surface area contributed by atoms with Crippen molar-refractivity contribution in [3.8, 4) is 56.4 Å². The zero-order valence-corrected chi connectivity index (χ0v) is 24.9. The van der Waals surface area contributed by atoms with Gasteiger partial charge in [-0.05, 0) is 66.7 Å². The molecule has 0 spiro atoms. The van der Waals surface area contributed by atoms with Gasteiger partial charge in [-0.2, -0.15) is 0 Å². The molecular formula is C45H29N3. The summed E-state index contributed by atoms with van der Waals surface area (Å²) in [7, 11) is 0. The summed E-state index contributed by atoms with van der Waals surface area (Å²) in [5.74, 6) is 0.153. The van der Waals surface area contributed by atoms with Crippen molar-refractivity contribution in [2.45, 2.75) is 0 Å². The van der Waals surface area contributed by atoms with Crippen molar-refractivity contribution in [1.29, 1.82) is 0 Å². The second-order valence-electron chi connectivity index (χ2n) is 10.9. The van der Waals surface area contributed by atoms with Gasteiger partial charge >= 0.3 is 0 Å². The number of benzene rings is 8. The molecule has 8 aromatic carbocycles. The van der Waals surface area contributed by atoms with Gasteiger partial charge in [-0.1, -0.05) is 163 Å². The molecule has 9 aromatic rings. The van der Waals surface area contributed by atoms with E-state index in [0.717, 1.165) is 11.1 Å². The molecule has 48 heavy (non-hydrogen) atoms. The van der Waals surface area contributed by atoms with Gasteiger partial charge in [0, 0.05) is 16.7 Å². The predicted octanol–water partition coefficient (Wildman–Crippen LogP) is 11.7. The molecule has 0 N–H and O–H groups in total. The van der Waals surface area contributed by atoms with Crippen LogP contribution in [0, 0.1) is 0 Å². The van der Waals surface area contributed by atoms with E-state index in [0.29, 0.717) is 11.1 Å². The summed E-state index contributed by atoms with van der Waals surface area (Å²) in [6, 6.07) is 15.5. The average molecular weight is 627 g/mol. The minimum Gasteiger partial charge on any atom is -0.208 e. The highest BCUT2D eigenvalue weighted by Crippen LogP contribution is 2.37. The fourth-order valence-electron chi connectivity index (χ4n) is 5.63. The Balaban J connectivity index is 1.35. The largest absolute Gasteiger partial charge is 0.208 e. The SMILES string of the molecule is [2H]c1c([2H])c(-c2c([2H])c([2H])c3c4c([2H])c([2H])c([2H])c([2H])c4c4c([2H])c([2H])c([2H])c([2H])c4c3c2[2H])c([2H])c([2H])c1-c1nc(-c2ccccc2)nc(-c2cccc(-c3ccccc3)c2)n1. The number of rotatable bonds is 5. The number of fused-ring (bicyclic) bond motifs is 6. The topological polar surface area (TPSA) is 38.7 Å². The van der Waals surface area contributed by atoms with E-state index in [4.69, 9.17) is 16.0 Å². The van der Waals surface area contributed by atoms with E-state index < -0.39 is 102 Å². The number of hydrogen-bond acceptors (Lipinski definition) is 3. The molecule has 0 unspecified atom stereocenters. The first-order valence-electron chi connectivity index (χ1n) is 22.5. The van der Waals surface area contributed by atoms with Crippen molar-refractivity contribution >= 4 is 32.3 Å². The summed E-state index contributed by atoms with van der Waals surface area (Å²) >= 11 is 0. The molecule has 0 aliphatic heterocycles. The summed E-state index contributed by atoms with van der Waals surface area (Å²) < 4.78 is 135. The summed E-state index contributed by atoms with van der Waals surface area (Å²) in [5, 5.41) is -2.17. The minimum absolute atomic E-state index is 0.175. The first-order chi connectivity index (χ1) is 30.0. The Kier molecular flexibility index (Phi) is 4.01. The Morgan fingerprint density at radius 3 is 1.38 bits per heavy atom. The van der Waals surface area contributed by atoms with E-state index in [1.807, 2.05) is 54.6 Å². The van der Waals surface area contributed by atoms with Gasteiger partial charge in [-0.3, -0.25) is 0 Å². The van der Waals surface area contributed by atoms with Crippen LogP contribution in [0.25, 0.3) is 88.7 Å². The molecule has 0 fully saturated rings. The molecule has 9 rings (SSSR count). The summed E-state index contributed by atoms with van der Waals surface area (Å²) in [6.45, 7) is 0. The zero-order valence-electron chi connectivity index (χ0n) is 39.9. The highest BCUT2D eigenvalue weighted by atomic mass is 15.0. The maximum absolute atomic E-state index is 9.59. The van der Waals surface area contributed by atoms with E-state index in [-0.39, 0.29) is 55.4 Å². The smallest absolute Gasteiger partial charge is 0.164 e. The maximum Gasteiger partial charge on any atom is 0.164 e. The van der Waals surface area contributed by atoms with Crippen LogP contribution in [0.3, 0.4) is 0 Å². The lowest BCUT2D eigenvalue weighted by atomic mass is 9.92. The summed E-state index contributed by atoms with van der Waals surface area (Å²) in [6.07, 6.45) is 0. The third-order valence-electron chi connectivity index (χ3n) is 7.93. The van der Waals surface area contributed by atoms with Crippen LogP contribution in [0.4, 0.5) is 0 Å². The Labute approximate surface area is 299 Å². The Morgan fingerprint density at radius 2 is 0.750 bits per heavy atom. The molecule has 0 aliphatic rings. The van der Waals surface area contributed by atoms with Crippen molar-refractivity contribution in [2.75, 3.05) is 0 Å². The fourth-order valence-corrected chi connectivity index (χ4v) is 5.63. The molecule has 0 saturated carbocycles. The molecule has 0 saturated heterocycles. The first kappa shape index (κ1) is 16.4. The molecule has 0 bridgehead atoms. The van der Waals surface area contributed by atoms with Gasteiger partial charge in [0.15, 0.2) is 17.5 Å². The monoisotopic (exact) mass is 626 g/mol. The Hall–Kier alpha value is -6.45. The van der Waals surface area contributed by atoms with Crippen molar-refractivity contribution in [2.24, 2.45) is 0 Å². The van der Waals surface area contributed by atoms with Crippen LogP contribution in [-0.4, -0.2) is 15.0 Å². The average Bonchev–Trinajstić information content (AvgIpc) is 3.30. The standard InChI is InChI=1S/C45H29N3/c1-3-12-30(13-4-1)34-16-11-17-36(28-34)45-47-43(32-14-5-2-6-15-32)46-44(48-45)33-24-22-31(23-25-33)35-26-27-41-39-20-8-7-18-37(39)38-19-9-10-21-40(38)42(41)29-35/h1-29H/i7D,8D,9D,10D,18D,19D,20D,21D,22D,23D,24D,25D,26D,27D,29D. The normalized spacial score (nSPS) is 15.7. The molecular weight excluding hydrogens is 583 g/mol. The number of aromatic nitrogens is 3. The lowest BCUT2D eigenvalue weighted by Crippen LogP contribution is -2.00. The second-order valence-corrected chi connectivity index (χ2v) is 10.9. The van der Waals surface area contributed by atoms with Gasteiger partial charge in [0.1, 0.15) is 0 Å². The van der Waals surface area contributed by atoms with Crippen LogP contribution < -0.4 is 0 Å². The first-order valence-corrected chi connectivity index (χ1v) is 15.0. The number of nitrogens with zero attached hydrogens (tertiary/aromatic N) is 3. The quantitative estimate of drug-likeness (QED) is 0.178. The predicted molar refractivity (Wildman–Crippen MR) is 200 cm³/mol. The van der Waals surface area contributed by atoms with Crippen LogP contribution in [-0.2, 0) is 0 Å². The van der Waals surface area contributed by atoms with Crippen LogP contribution in [0.5, 0.6) is 0 Å². The van der Waals surface area contributed by atoms with E-state index in [1.165, 1.54) is 0 Å². The molecule has 224 valence electrons. The van der Waals surface area contributed by atoms with Gasteiger partial charge < -0.3 is 0 Å². The Bertz CT molecular complexity index is 3380.